The fourth-order valence-electron chi connectivity index (χ4n) is 4.03. The minimum absolute atomic E-state index is 0.0298. The highest BCUT2D eigenvalue weighted by atomic mass is 35.5. The number of aromatic nitrogens is 3. The summed E-state index contributed by atoms with van der Waals surface area (Å²) >= 11 is 6.00. The first kappa shape index (κ1) is 17.3. The Hall–Kier alpha value is -2.08. The van der Waals surface area contributed by atoms with E-state index in [2.05, 4.69) is 14.8 Å². The van der Waals surface area contributed by atoms with Crippen molar-refractivity contribution in [3.05, 3.63) is 40.4 Å². The highest BCUT2D eigenvalue weighted by molar-refractivity contribution is 6.31. The smallest absolute Gasteiger partial charge is 0.257 e. The van der Waals surface area contributed by atoms with Crippen LogP contribution in [0.4, 0.5) is 0 Å². The average molecular weight is 375 g/mol. The molecule has 6 nitrogen and oxygen atoms in total. The van der Waals surface area contributed by atoms with Crippen LogP contribution in [0.5, 0.6) is 5.75 Å². The second-order valence-corrected chi connectivity index (χ2v) is 7.62. The van der Waals surface area contributed by atoms with Crippen LogP contribution in [-0.4, -0.2) is 43.8 Å². The molecule has 1 fully saturated rings. The van der Waals surface area contributed by atoms with Crippen molar-refractivity contribution in [2.24, 2.45) is 0 Å². The van der Waals surface area contributed by atoms with Crippen molar-refractivity contribution in [2.75, 3.05) is 13.1 Å². The standard InChI is InChI=1S/C19H23ClN4O2/c20-14-7-8-16(25)15(11-14)19(26)23-9-4-5-13(12-23)18-22-21-17-6-2-1-3-10-24(17)18/h7-8,11,13,25H,1-6,9-10,12H2/t13-/m1/s1. The number of benzene rings is 1. The van der Waals surface area contributed by atoms with E-state index >= 15 is 0 Å². The molecule has 2 aromatic rings. The first-order valence-electron chi connectivity index (χ1n) is 9.33. The van der Waals surface area contributed by atoms with Crippen LogP contribution in [0.2, 0.25) is 5.02 Å². The monoisotopic (exact) mass is 374 g/mol. The Balaban J connectivity index is 1.56. The van der Waals surface area contributed by atoms with Crippen LogP contribution in [0.25, 0.3) is 0 Å². The van der Waals surface area contributed by atoms with Gasteiger partial charge in [0.1, 0.15) is 17.4 Å². The molecule has 0 saturated carbocycles. The Morgan fingerprint density at radius 1 is 1.15 bits per heavy atom. The second kappa shape index (κ2) is 7.27. The maximum absolute atomic E-state index is 12.9. The molecule has 0 radical (unpaired) electrons. The summed E-state index contributed by atoms with van der Waals surface area (Å²) in [5.74, 6) is 2.07. The summed E-state index contributed by atoms with van der Waals surface area (Å²) in [6, 6.07) is 4.58. The van der Waals surface area contributed by atoms with Crippen molar-refractivity contribution < 1.29 is 9.90 Å². The summed E-state index contributed by atoms with van der Waals surface area (Å²) in [6.45, 7) is 2.25. The molecular weight excluding hydrogens is 352 g/mol. The minimum Gasteiger partial charge on any atom is -0.507 e. The number of hydrogen-bond donors (Lipinski definition) is 1. The molecule has 0 aliphatic carbocycles. The molecule has 1 amide bonds. The molecule has 0 spiro atoms. The van der Waals surface area contributed by atoms with Crippen molar-refractivity contribution in [1.82, 2.24) is 19.7 Å². The molecule has 138 valence electrons. The topological polar surface area (TPSA) is 71.2 Å². The Morgan fingerprint density at radius 2 is 2.04 bits per heavy atom. The molecule has 2 aliphatic heterocycles. The molecule has 3 heterocycles. The predicted octanol–water partition coefficient (Wildman–Crippen LogP) is 3.38. The van der Waals surface area contributed by atoms with E-state index in [1.54, 1.807) is 11.0 Å². The predicted molar refractivity (Wildman–Crippen MR) is 98.6 cm³/mol. The van der Waals surface area contributed by atoms with Crippen molar-refractivity contribution in [3.8, 4) is 5.75 Å². The molecule has 0 unspecified atom stereocenters. The fourth-order valence-corrected chi connectivity index (χ4v) is 4.20. The lowest BCUT2D eigenvalue weighted by atomic mass is 9.96. The van der Waals surface area contributed by atoms with E-state index in [4.69, 9.17) is 11.6 Å². The van der Waals surface area contributed by atoms with Gasteiger partial charge in [0, 0.05) is 37.0 Å². The summed E-state index contributed by atoms with van der Waals surface area (Å²) in [6.07, 6.45) is 6.46. The van der Waals surface area contributed by atoms with Crippen LogP contribution in [0.3, 0.4) is 0 Å². The van der Waals surface area contributed by atoms with Gasteiger partial charge >= 0.3 is 0 Å². The normalized spacial score (nSPS) is 20.5. The number of carbonyl (C=O) groups is 1. The largest absolute Gasteiger partial charge is 0.507 e. The Morgan fingerprint density at radius 3 is 2.92 bits per heavy atom. The number of rotatable bonds is 2. The Labute approximate surface area is 157 Å². The van der Waals surface area contributed by atoms with Gasteiger partial charge in [-0.25, -0.2) is 0 Å². The average Bonchev–Trinajstić information content (AvgIpc) is 2.91. The zero-order valence-electron chi connectivity index (χ0n) is 14.7. The number of nitrogens with zero attached hydrogens (tertiary/aromatic N) is 4. The molecule has 1 atom stereocenters. The number of aromatic hydroxyl groups is 1. The van der Waals surface area contributed by atoms with Gasteiger partial charge in [-0.3, -0.25) is 4.79 Å². The van der Waals surface area contributed by atoms with E-state index in [1.807, 2.05) is 0 Å². The highest BCUT2D eigenvalue weighted by Crippen LogP contribution is 2.30. The molecule has 4 rings (SSSR count). The molecule has 7 heteroatoms. The number of aryl methyl sites for hydroxylation is 1. The van der Waals surface area contributed by atoms with Gasteiger partial charge < -0.3 is 14.6 Å². The van der Waals surface area contributed by atoms with Gasteiger partial charge in [0.25, 0.3) is 5.91 Å². The number of piperidine rings is 1. The van der Waals surface area contributed by atoms with Gasteiger partial charge in [-0.2, -0.15) is 0 Å². The van der Waals surface area contributed by atoms with Gasteiger partial charge in [-0.15, -0.1) is 10.2 Å². The fraction of sp³-hybridized carbons (Fsp3) is 0.526. The first-order chi connectivity index (χ1) is 12.6. The van der Waals surface area contributed by atoms with Crippen molar-refractivity contribution in [3.63, 3.8) is 0 Å². The number of likely N-dealkylation sites (tertiary alicyclic amines) is 1. The highest BCUT2D eigenvalue weighted by Gasteiger charge is 2.30. The molecule has 0 bridgehead atoms. The van der Waals surface area contributed by atoms with Crippen LogP contribution in [0.15, 0.2) is 18.2 Å². The Kier molecular flexibility index (Phi) is 4.85. The van der Waals surface area contributed by atoms with Crippen molar-refractivity contribution in [1.29, 1.82) is 0 Å². The summed E-state index contributed by atoms with van der Waals surface area (Å²) < 4.78 is 2.27. The minimum atomic E-state index is -0.176. The van der Waals surface area contributed by atoms with Gasteiger partial charge in [0.05, 0.1) is 5.56 Å². The first-order valence-corrected chi connectivity index (χ1v) is 9.71. The lowest BCUT2D eigenvalue weighted by Crippen LogP contribution is -2.39. The summed E-state index contributed by atoms with van der Waals surface area (Å²) in [7, 11) is 0. The zero-order valence-corrected chi connectivity index (χ0v) is 15.5. The molecular formula is C19H23ClN4O2. The van der Waals surface area contributed by atoms with Gasteiger partial charge in [0.2, 0.25) is 0 Å². The third kappa shape index (κ3) is 3.30. The molecule has 26 heavy (non-hydrogen) atoms. The number of fused-ring (bicyclic) bond motifs is 1. The summed E-state index contributed by atoms with van der Waals surface area (Å²) in [5.41, 5.74) is 0.262. The number of phenols is 1. The van der Waals surface area contributed by atoms with Crippen LogP contribution in [-0.2, 0) is 13.0 Å². The third-order valence-corrected chi connectivity index (χ3v) is 5.64. The summed E-state index contributed by atoms with van der Waals surface area (Å²) in [4.78, 5) is 14.7. The number of halogens is 1. The van der Waals surface area contributed by atoms with E-state index in [1.165, 1.54) is 25.0 Å². The molecule has 1 aromatic carbocycles. The second-order valence-electron chi connectivity index (χ2n) is 7.19. The van der Waals surface area contributed by atoms with Crippen LogP contribution >= 0.6 is 11.6 Å². The molecule has 2 aliphatic rings. The number of amides is 1. The van der Waals surface area contributed by atoms with Gasteiger partial charge in [-0.05, 0) is 43.9 Å². The molecule has 1 N–H and O–H groups in total. The summed E-state index contributed by atoms with van der Waals surface area (Å²) in [5, 5.41) is 19.4. The van der Waals surface area contributed by atoms with Crippen molar-refractivity contribution >= 4 is 17.5 Å². The van der Waals surface area contributed by atoms with Crippen molar-refractivity contribution in [2.45, 2.75) is 51.0 Å². The molecule has 1 saturated heterocycles. The van der Waals surface area contributed by atoms with E-state index in [-0.39, 0.29) is 23.1 Å². The van der Waals surface area contributed by atoms with Gasteiger partial charge in [-0.1, -0.05) is 18.0 Å². The number of carbonyl (C=O) groups excluding carboxylic acids is 1. The number of phenolic OH excluding ortho intramolecular Hbond substituents is 1. The lowest BCUT2D eigenvalue weighted by Gasteiger charge is -2.32. The van der Waals surface area contributed by atoms with E-state index < -0.39 is 0 Å². The van der Waals surface area contributed by atoms with E-state index in [9.17, 15) is 9.90 Å². The van der Waals surface area contributed by atoms with Crippen LogP contribution in [0.1, 0.15) is 60.0 Å². The maximum Gasteiger partial charge on any atom is 0.257 e. The van der Waals surface area contributed by atoms with Gasteiger partial charge in [0.15, 0.2) is 0 Å². The van der Waals surface area contributed by atoms with Crippen LogP contribution < -0.4 is 0 Å². The van der Waals surface area contributed by atoms with E-state index in [0.717, 1.165) is 43.9 Å². The maximum atomic E-state index is 12.9. The van der Waals surface area contributed by atoms with Crippen LogP contribution in [0, 0.1) is 0 Å². The zero-order chi connectivity index (χ0) is 18.1. The number of hydrogen-bond acceptors (Lipinski definition) is 4. The SMILES string of the molecule is O=C(c1cc(Cl)ccc1O)N1CCC[C@@H](c2nnc3n2CCCCC3)C1. The lowest BCUT2D eigenvalue weighted by molar-refractivity contribution is 0.0700. The Bertz CT molecular complexity index is 820. The quantitative estimate of drug-likeness (QED) is 0.874. The van der Waals surface area contributed by atoms with E-state index in [0.29, 0.717) is 18.1 Å². The third-order valence-electron chi connectivity index (χ3n) is 5.40. The molecule has 1 aromatic heterocycles.